The third kappa shape index (κ3) is 3.63. The number of rotatable bonds is 5. The van der Waals surface area contributed by atoms with Crippen LogP contribution in [0.3, 0.4) is 0 Å². The number of aryl methyl sites for hydroxylation is 2. The van der Waals surface area contributed by atoms with Crippen molar-refractivity contribution in [3.05, 3.63) is 70.2 Å². The molecule has 0 amide bonds. The Labute approximate surface area is 202 Å². The summed E-state index contributed by atoms with van der Waals surface area (Å²) < 4.78 is 10.7. The van der Waals surface area contributed by atoms with Gasteiger partial charge in [-0.25, -0.2) is 19.8 Å². The molecule has 182 valence electrons. The molecule has 0 bridgehead atoms. The Balaban J connectivity index is 1.23. The number of piperazine rings is 1. The Hall–Kier alpha value is -3.83. The summed E-state index contributed by atoms with van der Waals surface area (Å²) in [6, 6.07) is 12.3. The second kappa shape index (κ2) is 8.43. The molecular weight excluding hydrogens is 446 g/mol. The van der Waals surface area contributed by atoms with Crippen LogP contribution in [0.15, 0.2) is 56.9 Å². The van der Waals surface area contributed by atoms with Gasteiger partial charge in [-0.1, -0.05) is 17.7 Å². The van der Waals surface area contributed by atoms with Gasteiger partial charge in [-0.3, -0.25) is 19.5 Å². The average Bonchev–Trinajstić information content (AvgIpc) is 3.58. The Morgan fingerprint density at radius 1 is 1.06 bits per heavy atom. The molecule has 0 atom stereocenters. The van der Waals surface area contributed by atoms with E-state index in [1.165, 1.54) is 16.3 Å². The molecule has 1 fully saturated rings. The molecule has 11 heteroatoms. The molecule has 6 rings (SSSR count). The third-order valence-electron chi connectivity index (χ3n) is 6.91. The van der Waals surface area contributed by atoms with Gasteiger partial charge < -0.3 is 9.32 Å². The fourth-order valence-electron chi connectivity index (χ4n) is 4.92. The first-order chi connectivity index (χ1) is 17.0. The van der Waals surface area contributed by atoms with Crippen LogP contribution in [-0.4, -0.2) is 68.8 Å². The van der Waals surface area contributed by atoms with Crippen LogP contribution in [-0.2, 0) is 13.6 Å². The lowest BCUT2D eigenvalue weighted by Gasteiger charge is -2.36. The topological polar surface area (TPSA) is 105 Å². The summed E-state index contributed by atoms with van der Waals surface area (Å²) in [6.45, 7) is 7.51. The number of hydrogen-bond acceptors (Lipinski definition) is 8. The van der Waals surface area contributed by atoms with Gasteiger partial charge in [0.25, 0.3) is 0 Å². The first kappa shape index (κ1) is 21.7. The Bertz CT molecular complexity index is 1430. The van der Waals surface area contributed by atoms with Crippen LogP contribution in [0.5, 0.6) is 0 Å². The van der Waals surface area contributed by atoms with E-state index < -0.39 is 0 Å². The zero-order chi connectivity index (χ0) is 24.1. The van der Waals surface area contributed by atoms with Gasteiger partial charge in [-0.05, 0) is 31.2 Å². The molecular formula is C24H29N9O2. The molecule has 3 aromatic heterocycles. The van der Waals surface area contributed by atoms with Gasteiger partial charge >= 0.3 is 5.69 Å². The minimum atomic E-state index is -0.124. The smallest absolute Gasteiger partial charge is 0.345 e. The second-order valence-electron chi connectivity index (χ2n) is 9.11. The molecule has 1 saturated heterocycles. The van der Waals surface area contributed by atoms with Gasteiger partial charge in [-0.15, -0.1) is 0 Å². The highest BCUT2D eigenvalue weighted by Gasteiger charge is 2.31. The number of benzene rings is 1. The number of nitrogens with zero attached hydrogens (tertiary/aromatic N) is 8. The SMILES string of the molecule is Cc1ccc(N2CCN(CCn3c(=O)n(C)n4c5c(nc34)N(N)CN=C5c3ccco3)CC2)cc1. The maximum atomic E-state index is 13.2. The molecule has 0 radical (unpaired) electrons. The number of nitrogens with two attached hydrogens (primary N) is 1. The van der Waals surface area contributed by atoms with Crippen molar-refractivity contribution in [3.63, 3.8) is 0 Å². The highest BCUT2D eigenvalue weighted by Crippen LogP contribution is 2.27. The Morgan fingerprint density at radius 2 is 1.83 bits per heavy atom. The number of anilines is 2. The van der Waals surface area contributed by atoms with Crippen molar-refractivity contribution in [3.8, 4) is 0 Å². The van der Waals surface area contributed by atoms with E-state index in [0.717, 1.165) is 32.7 Å². The molecule has 2 N–H and O–H groups in total. The molecule has 11 nitrogen and oxygen atoms in total. The summed E-state index contributed by atoms with van der Waals surface area (Å²) in [7, 11) is 1.74. The molecule has 35 heavy (non-hydrogen) atoms. The van der Waals surface area contributed by atoms with Crippen LogP contribution in [0.25, 0.3) is 5.78 Å². The summed E-state index contributed by atoms with van der Waals surface area (Å²) in [6.07, 6.45) is 1.60. The maximum Gasteiger partial charge on any atom is 0.345 e. The second-order valence-corrected chi connectivity index (χ2v) is 9.11. The van der Waals surface area contributed by atoms with Gasteiger partial charge in [0, 0.05) is 52.0 Å². The van der Waals surface area contributed by atoms with Crippen LogP contribution in [0, 0.1) is 6.92 Å². The van der Waals surface area contributed by atoms with Crippen molar-refractivity contribution in [2.24, 2.45) is 17.9 Å². The van der Waals surface area contributed by atoms with Crippen molar-refractivity contribution in [1.29, 1.82) is 0 Å². The Kier molecular flexibility index (Phi) is 5.23. The molecule has 2 aliphatic rings. The van der Waals surface area contributed by atoms with Crippen LogP contribution in [0.1, 0.15) is 17.0 Å². The molecule has 5 heterocycles. The number of fused-ring (bicyclic) bond motifs is 3. The standard InChI is InChI=1S/C24H29N9O2/c1-17-5-7-18(8-6-17)30-12-9-29(10-13-30)11-14-31-23-27-22-21(33(23)28(2)24(31)34)20(26-16-32(22)25)19-4-3-15-35-19/h3-8,15H,9-14,16,25H2,1-2H3. The maximum absolute atomic E-state index is 13.2. The average molecular weight is 476 g/mol. The van der Waals surface area contributed by atoms with E-state index in [4.69, 9.17) is 15.2 Å². The summed E-state index contributed by atoms with van der Waals surface area (Å²) >= 11 is 0. The Morgan fingerprint density at radius 3 is 2.54 bits per heavy atom. The summed E-state index contributed by atoms with van der Waals surface area (Å²) in [4.78, 5) is 27.3. The third-order valence-corrected chi connectivity index (χ3v) is 6.91. The van der Waals surface area contributed by atoms with E-state index in [1.807, 2.05) is 12.1 Å². The molecule has 0 spiro atoms. The molecule has 4 aromatic rings. The lowest BCUT2D eigenvalue weighted by atomic mass is 10.2. The number of aliphatic imine (C=N–C) groups is 1. The molecule has 1 aromatic carbocycles. The number of hydrazine groups is 1. The van der Waals surface area contributed by atoms with Crippen molar-refractivity contribution >= 4 is 23.0 Å². The van der Waals surface area contributed by atoms with Gasteiger partial charge in [0.1, 0.15) is 18.1 Å². The molecule has 2 aliphatic heterocycles. The van der Waals surface area contributed by atoms with Gasteiger partial charge in [-0.2, -0.15) is 4.98 Å². The van der Waals surface area contributed by atoms with Crippen LogP contribution in [0.4, 0.5) is 11.5 Å². The molecule has 0 aliphatic carbocycles. The number of imidazole rings is 1. The monoisotopic (exact) mass is 475 g/mol. The first-order valence-corrected chi connectivity index (χ1v) is 11.8. The van der Waals surface area contributed by atoms with Crippen molar-refractivity contribution in [1.82, 2.24) is 23.6 Å². The normalized spacial score (nSPS) is 16.7. The van der Waals surface area contributed by atoms with Crippen LogP contribution >= 0.6 is 0 Å². The molecule has 0 unspecified atom stereocenters. The van der Waals surface area contributed by atoms with E-state index in [-0.39, 0.29) is 12.4 Å². The van der Waals surface area contributed by atoms with E-state index in [0.29, 0.717) is 35.3 Å². The number of aromatic nitrogens is 4. The van der Waals surface area contributed by atoms with Crippen molar-refractivity contribution in [2.75, 3.05) is 49.3 Å². The summed E-state index contributed by atoms with van der Waals surface area (Å²) in [5.74, 6) is 7.95. The lowest BCUT2D eigenvalue weighted by molar-refractivity contribution is 0.248. The number of furan rings is 1. The predicted octanol–water partition coefficient (Wildman–Crippen LogP) is 1.05. The van der Waals surface area contributed by atoms with Gasteiger partial charge in [0.15, 0.2) is 11.6 Å². The van der Waals surface area contributed by atoms with Crippen LogP contribution in [0.2, 0.25) is 0 Å². The van der Waals surface area contributed by atoms with Crippen LogP contribution < -0.4 is 21.4 Å². The van der Waals surface area contributed by atoms with E-state index in [9.17, 15) is 4.79 Å². The fraction of sp³-hybridized carbons (Fsp3) is 0.375. The van der Waals surface area contributed by atoms with Gasteiger partial charge in [0.2, 0.25) is 5.78 Å². The van der Waals surface area contributed by atoms with Gasteiger partial charge in [0.05, 0.1) is 6.26 Å². The summed E-state index contributed by atoms with van der Waals surface area (Å²) in [5, 5.41) is 1.49. The van der Waals surface area contributed by atoms with Crippen molar-refractivity contribution < 1.29 is 4.42 Å². The van der Waals surface area contributed by atoms with E-state index >= 15 is 0 Å². The minimum absolute atomic E-state index is 0.124. The quantitative estimate of drug-likeness (QED) is 0.430. The zero-order valence-corrected chi connectivity index (χ0v) is 20.0. The van der Waals surface area contributed by atoms with E-state index in [1.54, 1.807) is 27.1 Å². The van der Waals surface area contributed by atoms with E-state index in [2.05, 4.69) is 46.0 Å². The first-order valence-electron chi connectivity index (χ1n) is 11.8. The number of hydrogen-bond donors (Lipinski definition) is 1. The fourth-order valence-corrected chi connectivity index (χ4v) is 4.92. The minimum Gasteiger partial charge on any atom is -0.463 e. The molecule has 0 saturated carbocycles. The highest BCUT2D eigenvalue weighted by molar-refractivity contribution is 6.14. The largest absolute Gasteiger partial charge is 0.463 e. The van der Waals surface area contributed by atoms with Crippen molar-refractivity contribution in [2.45, 2.75) is 13.5 Å². The highest BCUT2D eigenvalue weighted by atomic mass is 16.3. The lowest BCUT2D eigenvalue weighted by Crippen LogP contribution is -2.47. The zero-order valence-electron chi connectivity index (χ0n) is 20.0. The predicted molar refractivity (Wildman–Crippen MR) is 134 cm³/mol. The summed E-state index contributed by atoms with van der Waals surface area (Å²) in [5.41, 5.74) is 3.71.